The van der Waals surface area contributed by atoms with Crippen LogP contribution in [0.1, 0.15) is 44.3 Å². The van der Waals surface area contributed by atoms with Crippen molar-refractivity contribution in [3.63, 3.8) is 0 Å². The molecule has 3 heterocycles. The summed E-state index contributed by atoms with van der Waals surface area (Å²) in [6.07, 6.45) is 5.84. The number of H-pyrrole nitrogens is 1. The summed E-state index contributed by atoms with van der Waals surface area (Å²) in [5, 5.41) is 3.36. The summed E-state index contributed by atoms with van der Waals surface area (Å²) < 4.78 is 35.2. The van der Waals surface area contributed by atoms with Crippen molar-refractivity contribution in [2.45, 2.75) is 61.6 Å². The number of benzene rings is 1. The maximum absolute atomic E-state index is 14.9. The number of nitrogens with zero attached hydrogens (tertiary/aromatic N) is 3. The Morgan fingerprint density at radius 1 is 1.09 bits per heavy atom. The van der Waals surface area contributed by atoms with Crippen molar-refractivity contribution in [2.24, 2.45) is 0 Å². The van der Waals surface area contributed by atoms with Crippen molar-refractivity contribution in [3.8, 4) is 0 Å². The average molecular weight is 508 g/mol. The first-order valence-corrected chi connectivity index (χ1v) is 13.8. The van der Waals surface area contributed by atoms with Gasteiger partial charge in [-0.15, -0.1) is 0 Å². The monoisotopic (exact) mass is 507 g/mol. The van der Waals surface area contributed by atoms with Gasteiger partial charge in [-0.05, 0) is 51.6 Å². The van der Waals surface area contributed by atoms with Gasteiger partial charge in [0.1, 0.15) is 11.2 Å². The fourth-order valence-corrected chi connectivity index (χ4v) is 6.54. The zero-order valence-corrected chi connectivity index (χ0v) is 21.1. The largest absolute Gasteiger partial charge is 0.381 e. The van der Waals surface area contributed by atoms with Gasteiger partial charge in [0.05, 0.1) is 17.0 Å². The Morgan fingerprint density at radius 2 is 1.80 bits per heavy atom. The minimum absolute atomic E-state index is 0.0793. The summed E-state index contributed by atoms with van der Waals surface area (Å²) in [4.78, 5) is 24.6. The molecular weight excluding hydrogens is 472 g/mol. The van der Waals surface area contributed by atoms with Crippen LogP contribution >= 0.6 is 11.8 Å². The summed E-state index contributed by atoms with van der Waals surface area (Å²) in [5.74, 6) is -1.12. The highest BCUT2D eigenvalue weighted by atomic mass is 32.2. The van der Waals surface area contributed by atoms with Crippen molar-refractivity contribution in [3.05, 3.63) is 33.9 Å². The first kappa shape index (κ1) is 24.9. The molecule has 2 saturated heterocycles. The number of ether oxygens (including phenoxy) is 1. The van der Waals surface area contributed by atoms with Gasteiger partial charge in [0.25, 0.3) is 5.56 Å². The average Bonchev–Trinajstić information content (AvgIpc) is 2.87. The van der Waals surface area contributed by atoms with Crippen LogP contribution in [0.5, 0.6) is 0 Å². The number of aromatic nitrogens is 2. The number of anilines is 1. The number of halogens is 2. The number of aromatic amines is 1. The van der Waals surface area contributed by atoms with E-state index in [0.29, 0.717) is 22.9 Å². The second-order valence-corrected chi connectivity index (χ2v) is 11.4. The molecule has 1 aromatic carbocycles. The molecule has 0 amide bonds. The highest BCUT2D eigenvalue weighted by molar-refractivity contribution is 7.99. The van der Waals surface area contributed by atoms with Crippen molar-refractivity contribution in [2.75, 3.05) is 51.8 Å². The second-order valence-electron chi connectivity index (χ2n) is 10.1. The topological polar surface area (TPSA) is 73.5 Å². The number of thioether (sulfide) groups is 1. The Morgan fingerprint density at radius 3 is 2.51 bits per heavy atom. The lowest BCUT2D eigenvalue weighted by atomic mass is 9.89. The molecular formula is C25H35F2N5O2S. The van der Waals surface area contributed by atoms with Crippen molar-refractivity contribution in [1.29, 1.82) is 0 Å². The molecule has 192 valence electrons. The quantitative estimate of drug-likeness (QED) is 0.619. The van der Waals surface area contributed by atoms with Crippen LogP contribution in [0.4, 0.5) is 14.5 Å². The molecule has 10 heteroatoms. The number of nitrogens with one attached hydrogen (secondary N) is 2. The van der Waals surface area contributed by atoms with Crippen LogP contribution in [-0.4, -0.2) is 83.5 Å². The van der Waals surface area contributed by atoms with E-state index in [1.54, 1.807) is 11.8 Å². The molecule has 1 aliphatic carbocycles. The number of piperazine rings is 1. The SMILES string of the molecule is CN1CCN([C@H]2CC[C@H](Nc3cc4nc(CSC5CCOCC5)[nH]c(=O)c4c(F)c3F)CC2)CC1. The fraction of sp³-hybridized carbons (Fsp3) is 0.680. The van der Waals surface area contributed by atoms with Crippen LogP contribution in [-0.2, 0) is 10.5 Å². The maximum atomic E-state index is 14.9. The predicted molar refractivity (Wildman–Crippen MR) is 136 cm³/mol. The van der Waals surface area contributed by atoms with Gasteiger partial charge in [0.2, 0.25) is 0 Å². The summed E-state index contributed by atoms with van der Waals surface area (Å²) in [6.45, 7) is 5.88. The zero-order valence-electron chi connectivity index (χ0n) is 20.3. The minimum Gasteiger partial charge on any atom is -0.381 e. The van der Waals surface area contributed by atoms with E-state index in [1.807, 2.05) is 0 Å². The summed E-state index contributed by atoms with van der Waals surface area (Å²) >= 11 is 1.72. The lowest BCUT2D eigenvalue weighted by molar-refractivity contribution is 0.0894. The molecule has 0 bridgehead atoms. The van der Waals surface area contributed by atoms with E-state index >= 15 is 0 Å². The third-order valence-corrected chi connectivity index (χ3v) is 9.04. The molecule has 5 rings (SSSR count). The summed E-state index contributed by atoms with van der Waals surface area (Å²) in [7, 11) is 2.16. The van der Waals surface area contributed by atoms with Gasteiger partial charge in [0, 0.05) is 56.7 Å². The Labute approximate surface area is 209 Å². The maximum Gasteiger partial charge on any atom is 0.261 e. The minimum atomic E-state index is -1.13. The predicted octanol–water partition coefficient (Wildman–Crippen LogP) is 3.58. The van der Waals surface area contributed by atoms with Crippen LogP contribution in [0, 0.1) is 11.6 Å². The van der Waals surface area contributed by atoms with Gasteiger partial charge in [-0.25, -0.2) is 13.8 Å². The molecule has 35 heavy (non-hydrogen) atoms. The van der Waals surface area contributed by atoms with E-state index in [1.165, 1.54) is 6.07 Å². The molecule has 3 fully saturated rings. The first-order chi connectivity index (χ1) is 17.0. The lowest BCUT2D eigenvalue weighted by Crippen LogP contribution is -2.50. The van der Waals surface area contributed by atoms with E-state index in [0.717, 1.165) is 77.9 Å². The summed E-state index contributed by atoms with van der Waals surface area (Å²) in [6, 6.07) is 2.14. The Bertz CT molecular complexity index is 1080. The van der Waals surface area contributed by atoms with E-state index in [4.69, 9.17) is 4.74 Å². The first-order valence-electron chi connectivity index (χ1n) is 12.8. The number of fused-ring (bicyclic) bond motifs is 1. The Hall–Kier alpha value is -1.75. The van der Waals surface area contributed by atoms with Crippen LogP contribution in [0.3, 0.4) is 0 Å². The third kappa shape index (κ3) is 5.81. The van der Waals surface area contributed by atoms with Crippen molar-refractivity contribution >= 4 is 28.4 Å². The normalized spacial score (nSPS) is 25.2. The molecule has 0 radical (unpaired) electrons. The Kier molecular flexibility index (Phi) is 7.91. The second kappa shape index (κ2) is 11.1. The van der Waals surface area contributed by atoms with Crippen LogP contribution in [0.25, 0.3) is 10.9 Å². The molecule has 1 saturated carbocycles. The highest BCUT2D eigenvalue weighted by Gasteiger charge is 2.28. The van der Waals surface area contributed by atoms with Gasteiger partial charge >= 0.3 is 0 Å². The van der Waals surface area contributed by atoms with Gasteiger partial charge in [-0.3, -0.25) is 9.69 Å². The van der Waals surface area contributed by atoms with E-state index in [-0.39, 0.29) is 22.6 Å². The summed E-state index contributed by atoms with van der Waals surface area (Å²) in [5.41, 5.74) is -0.337. The fourth-order valence-electron chi connectivity index (χ4n) is 5.49. The third-order valence-electron chi connectivity index (χ3n) is 7.66. The van der Waals surface area contributed by atoms with Gasteiger partial charge in [-0.2, -0.15) is 11.8 Å². The number of hydrogen-bond donors (Lipinski definition) is 2. The van der Waals surface area contributed by atoms with E-state index < -0.39 is 17.2 Å². The lowest BCUT2D eigenvalue weighted by Gasteiger charge is -2.41. The molecule has 0 unspecified atom stereocenters. The molecule has 1 aromatic heterocycles. The van der Waals surface area contributed by atoms with Gasteiger partial charge in [0.15, 0.2) is 11.6 Å². The smallest absolute Gasteiger partial charge is 0.261 e. The van der Waals surface area contributed by atoms with Gasteiger partial charge < -0.3 is 19.9 Å². The molecule has 7 nitrogen and oxygen atoms in total. The molecule has 2 N–H and O–H groups in total. The number of rotatable bonds is 6. The Balaban J connectivity index is 1.26. The number of hydrogen-bond acceptors (Lipinski definition) is 7. The molecule has 0 atom stereocenters. The van der Waals surface area contributed by atoms with Crippen molar-refractivity contribution in [1.82, 2.24) is 19.8 Å². The molecule has 2 aromatic rings. The van der Waals surface area contributed by atoms with Crippen LogP contribution in [0.15, 0.2) is 10.9 Å². The van der Waals surface area contributed by atoms with E-state index in [9.17, 15) is 13.6 Å². The highest BCUT2D eigenvalue weighted by Crippen LogP contribution is 2.30. The zero-order chi connectivity index (χ0) is 24.4. The van der Waals surface area contributed by atoms with Gasteiger partial charge in [-0.1, -0.05) is 0 Å². The van der Waals surface area contributed by atoms with E-state index in [2.05, 4.69) is 32.1 Å². The molecule has 3 aliphatic rings. The van der Waals surface area contributed by atoms with Crippen molar-refractivity contribution < 1.29 is 13.5 Å². The molecule has 0 spiro atoms. The van der Waals surface area contributed by atoms with Crippen LogP contribution < -0.4 is 10.9 Å². The standard InChI is InChI=1S/C25H35F2N5O2S/c1-31-8-10-32(11-9-31)17-4-2-16(3-5-17)28-20-14-19-22(24(27)23(20)26)25(33)30-21(29-19)15-35-18-6-12-34-13-7-18/h14,16-18,28H,2-13,15H2,1H3,(H,29,30,33)/t16-,17-. The number of likely N-dealkylation sites (N-methyl/N-ethyl adjacent to an activating group) is 1. The van der Waals surface area contributed by atoms with Crippen LogP contribution in [0.2, 0.25) is 0 Å². The molecule has 2 aliphatic heterocycles.